The summed E-state index contributed by atoms with van der Waals surface area (Å²) in [5.41, 5.74) is 4.18. The molecule has 0 fully saturated rings. The van der Waals surface area contributed by atoms with Gasteiger partial charge in [0.15, 0.2) is 0 Å². The van der Waals surface area contributed by atoms with Crippen molar-refractivity contribution < 1.29 is 4.42 Å². The number of hydrogen-bond donors (Lipinski definition) is 1. The van der Waals surface area contributed by atoms with Gasteiger partial charge in [-0.15, -0.1) is 0 Å². The van der Waals surface area contributed by atoms with Crippen molar-refractivity contribution in [2.24, 2.45) is 0 Å². The van der Waals surface area contributed by atoms with Crippen molar-refractivity contribution in [3.8, 4) is 0 Å². The minimum atomic E-state index is 0.469. The normalized spacial score (nSPS) is 19.2. The fourth-order valence-electron chi connectivity index (χ4n) is 2.50. The Morgan fingerprint density at radius 2 is 2.41 bits per heavy atom. The number of rotatable bonds is 3. The van der Waals surface area contributed by atoms with E-state index in [1.165, 1.54) is 35.3 Å². The summed E-state index contributed by atoms with van der Waals surface area (Å²) in [6, 6.07) is 2.59. The molecule has 2 nitrogen and oxygen atoms in total. The van der Waals surface area contributed by atoms with E-state index in [4.69, 9.17) is 4.42 Å². The van der Waals surface area contributed by atoms with Crippen LogP contribution in [0.25, 0.3) is 0 Å². The fourth-order valence-corrected chi connectivity index (χ4v) is 3.36. The Morgan fingerprint density at radius 1 is 1.47 bits per heavy atom. The zero-order valence-corrected chi connectivity index (χ0v) is 10.8. The second-order valence-corrected chi connectivity index (χ2v) is 5.45. The van der Waals surface area contributed by atoms with Crippen molar-refractivity contribution in [3.05, 3.63) is 45.5 Å². The number of hydrogen-bond acceptors (Lipinski definition) is 3. The molecule has 1 aliphatic carbocycles. The molecule has 0 bridgehead atoms. The lowest BCUT2D eigenvalue weighted by Crippen LogP contribution is -2.24. The molecule has 90 valence electrons. The summed E-state index contributed by atoms with van der Waals surface area (Å²) >= 11 is 1.78. The van der Waals surface area contributed by atoms with E-state index >= 15 is 0 Å². The highest BCUT2D eigenvalue weighted by molar-refractivity contribution is 7.08. The second kappa shape index (κ2) is 4.67. The lowest BCUT2D eigenvalue weighted by molar-refractivity contribution is 0.411. The predicted octanol–water partition coefficient (Wildman–Crippen LogP) is 3.82. The smallest absolute Gasteiger partial charge is 0.108 e. The molecule has 0 radical (unpaired) electrons. The van der Waals surface area contributed by atoms with E-state index in [9.17, 15) is 0 Å². The molecule has 1 N–H and O–H groups in total. The Kier molecular flexibility index (Phi) is 3.04. The van der Waals surface area contributed by atoms with E-state index < -0.39 is 0 Å². The van der Waals surface area contributed by atoms with E-state index in [0.717, 1.165) is 13.0 Å². The number of furan rings is 1. The van der Waals surface area contributed by atoms with Crippen molar-refractivity contribution in [1.82, 2.24) is 5.32 Å². The first-order valence-electron chi connectivity index (χ1n) is 6.16. The molecule has 17 heavy (non-hydrogen) atoms. The van der Waals surface area contributed by atoms with Gasteiger partial charge in [0.25, 0.3) is 0 Å². The molecule has 2 aromatic heterocycles. The monoisotopic (exact) mass is 247 g/mol. The molecule has 1 unspecified atom stereocenters. The van der Waals surface area contributed by atoms with Gasteiger partial charge in [0, 0.05) is 24.6 Å². The molecule has 0 aromatic carbocycles. The van der Waals surface area contributed by atoms with Gasteiger partial charge in [0.05, 0.1) is 6.26 Å². The van der Waals surface area contributed by atoms with Gasteiger partial charge < -0.3 is 9.73 Å². The zero-order valence-electron chi connectivity index (χ0n) is 10.0. The quantitative estimate of drug-likeness (QED) is 0.892. The van der Waals surface area contributed by atoms with Gasteiger partial charge in [-0.1, -0.05) is 0 Å². The van der Waals surface area contributed by atoms with Crippen molar-refractivity contribution in [1.29, 1.82) is 0 Å². The third kappa shape index (κ3) is 2.17. The topological polar surface area (TPSA) is 25.2 Å². The molecule has 0 saturated heterocycles. The van der Waals surface area contributed by atoms with Crippen LogP contribution in [0.4, 0.5) is 0 Å². The van der Waals surface area contributed by atoms with Crippen molar-refractivity contribution in [2.45, 2.75) is 38.8 Å². The van der Waals surface area contributed by atoms with Gasteiger partial charge in [-0.05, 0) is 47.7 Å². The summed E-state index contributed by atoms with van der Waals surface area (Å²) in [6.07, 6.45) is 5.36. The van der Waals surface area contributed by atoms with Gasteiger partial charge in [-0.2, -0.15) is 11.3 Å². The first-order valence-corrected chi connectivity index (χ1v) is 7.10. The second-order valence-electron chi connectivity index (χ2n) is 4.70. The van der Waals surface area contributed by atoms with E-state index in [1.54, 1.807) is 11.3 Å². The lowest BCUT2D eigenvalue weighted by atomic mass is 9.93. The maximum absolute atomic E-state index is 5.51. The molecule has 1 aliphatic rings. The van der Waals surface area contributed by atoms with Crippen LogP contribution >= 0.6 is 11.3 Å². The molecule has 0 amide bonds. The van der Waals surface area contributed by atoms with Crippen LogP contribution < -0.4 is 5.32 Å². The summed E-state index contributed by atoms with van der Waals surface area (Å²) in [5, 5.41) is 8.10. The van der Waals surface area contributed by atoms with E-state index in [-0.39, 0.29) is 0 Å². The van der Waals surface area contributed by atoms with Crippen LogP contribution in [-0.2, 0) is 13.0 Å². The molecule has 2 heterocycles. The standard InChI is InChI=1S/C14H17NOS/c1-10-8-17-9-11(10)7-15-13-3-2-4-14-12(13)5-6-16-14/h5-6,8-9,13,15H,2-4,7H2,1H3. The van der Waals surface area contributed by atoms with E-state index in [2.05, 4.69) is 29.1 Å². The molecule has 0 spiro atoms. The minimum Gasteiger partial charge on any atom is -0.469 e. The van der Waals surface area contributed by atoms with Gasteiger partial charge in [0.1, 0.15) is 5.76 Å². The molecular weight excluding hydrogens is 230 g/mol. The molecule has 0 aliphatic heterocycles. The van der Waals surface area contributed by atoms with Gasteiger partial charge in [-0.3, -0.25) is 0 Å². The molecule has 0 saturated carbocycles. The third-order valence-electron chi connectivity index (χ3n) is 3.55. The maximum Gasteiger partial charge on any atom is 0.108 e. The molecular formula is C14H17NOS. The van der Waals surface area contributed by atoms with Gasteiger partial charge >= 0.3 is 0 Å². The van der Waals surface area contributed by atoms with Crippen LogP contribution in [0.5, 0.6) is 0 Å². The third-order valence-corrected chi connectivity index (χ3v) is 4.46. The predicted molar refractivity (Wildman–Crippen MR) is 70.3 cm³/mol. The average Bonchev–Trinajstić information content (AvgIpc) is 2.95. The Bertz CT molecular complexity index is 500. The van der Waals surface area contributed by atoms with Crippen LogP contribution in [0.15, 0.2) is 27.5 Å². The first-order chi connectivity index (χ1) is 8.34. The highest BCUT2D eigenvalue weighted by atomic mass is 32.1. The number of fused-ring (bicyclic) bond motifs is 1. The number of thiophene rings is 1. The average molecular weight is 247 g/mol. The Balaban J connectivity index is 1.70. The highest BCUT2D eigenvalue weighted by Crippen LogP contribution is 2.30. The zero-order chi connectivity index (χ0) is 11.7. The fraction of sp³-hybridized carbons (Fsp3) is 0.429. The highest BCUT2D eigenvalue weighted by Gasteiger charge is 2.22. The lowest BCUT2D eigenvalue weighted by Gasteiger charge is -2.22. The summed E-state index contributed by atoms with van der Waals surface area (Å²) < 4.78 is 5.51. The molecule has 3 rings (SSSR count). The maximum atomic E-state index is 5.51. The SMILES string of the molecule is Cc1cscc1CNC1CCCc2occc21. The Hall–Kier alpha value is -1.06. The van der Waals surface area contributed by atoms with E-state index in [0.29, 0.717) is 6.04 Å². The van der Waals surface area contributed by atoms with Crippen molar-refractivity contribution >= 4 is 11.3 Å². The minimum absolute atomic E-state index is 0.469. The van der Waals surface area contributed by atoms with Crippen LogP contribution in [0.2, 0.25) is 0 Å². The summed E-state index contributed by atoms with van der Waals surface area (Å²) in [7, 11) is 0. The Morgan fingerprint density at radius 3 is 3.24 bits per heavy atom. The summed E-state index contributed by atoms with van der Waals surface area (Å²) in [5.74, 6) is 1.18. The largest absolute Gasteiger partial charge is 0.469 e. The van der Waals surface area contributed by atoms with Crippen LogP contribution in [0, 0.1) is 6.92 Å². The molecule has 2 aromatic rings. The summed E-state index contributed by atoms with van der Waals surface area (Å²) in [4.78, 5) is 0. The van der Waals surface area contributed by atoms with Gasteiger partial charge in [-0.25, -0.2) is 0 Å². The summed E-state index contributed by atoms with van der Waals surface area (Å²) in [6.45, 7) is 3.14. The molecule has 3 heteroatoms. The molecule has 1 atom stereocenters. The Labute approximate surface area is 106 Å². The van der Waals surface area contributed by atoms with Crippen LogP contribution in [0.3, 0.4) is 0 Å². The van der Waals surface area contributed by atoms with E-state index in [1.807, 2.05) is 6.26 Å². The van der Waals surface area contributed by atoms with Crippen molar-refractivity contribution in [3.63, 3.8) is 0 Å². The number of aryl methyl sites for hydroxylation is 2. The van der Waals surface area contributed by atoms with Crippen molar-refractivity contribution in [2.75, 3.05) is 0 Å². The van der Waals surface area contributed by atoms with Crippen LogP contribution in [0.1, 0.15) is 41.3 Å². The first kappa shape index (κ1) is 11.1. The van der Waals surface area contributed by atoms with Crippen LogP contribution in [-0.4, -0.2) is 0 Å². The number of nitrogens with one attached hydrogen (secondary N) is 1. The van der Waals surface area contributed by atoms with Gasteiger partial charge in [0.2, 0.25) is 0 Å².